The maximum atomic E-state index is 13.2. The standard InChI is InChI=1S/C28H29F3N2O5/c1-3-38-27(36)25-18(2)33(24(34)16-23(25)20-8-10-22(11-9-20)28(29,30)31)17-19-4-6-21(7-5-19)26(35)32-12-14-37-15-13-32/h4-11,23H,3,12-17H2,1-2H3. The van der Waals surface area contributed by atoms with Crippen molar-refractivity contribution >= 4 is 17.8 Å². The third-order valence-electron chi connectivity index (χ3n) is 6.80. The highest BCUT2D eigenvalue weighted by molar-refractivity contribution is 5.96. The van der Waals surface area contributed by atoms with Gasteiger partial charge in [0.1, 0.15) is 0 Å². The molecule has 2 aromatic carbocycles. The molecule has 2 amide bonds. The molecule has 2 aliphatic heterocycles. The molecule has 0 bridgehead atoms. The van der Waals surface area contributed by atoms with Crippen molar-refractivity contribution < 1.29 is 37.0 Å². The Balaban J connectivity index is 1.59. The van der Waals surface area contributed by atoms with E-state index >= 15 is 0 Å². The smallest absolute Gasteiger partial charge is 0.416 e. The van der Waals surface area contributed by atoms with Crippen molar-refractivity contribution in [3.05, 3.63) is 82.1 Å². The molecule has 1 saturated heterocycles. The Kier molecular flexibility index (Phi) is 8.20. The zero-order valence-electron chi connectivity index (χ0n) is 21.2. The number of benzene rings is 2. The van der Waals surface area contributed by atoms with Crippen molar-refractivity contribution in [3.63, 3.8) is 0 Å². The number of alkyl halides is 3. The lowest BCUT2D eigenvalue weighted by atomic mass is 9.83. The van der Waals surface area contributed by atoms with Gasteiger partial charge in [-0.3, -0.25) is 9.59 Å². The molecule has 0 N–H and O–H groups in total. The number of carbonyl (C=O) groups is 3. The Labute approximate surface area is 218 Å². The zero-order valence-corrected chi connectivity index (χ0v) is 21.2. The molecule has 7 nitrogen and oxygen atoms in total. The normalized spacial score (nSPS) is 18.6. The first-order valence-corrected chi connectivity index (χ1v) is 12.4. The Morgan fingerprint density at radius 3 is 2.24 bits per heavy atom. The van der Waals surface area contributed by atoms with Gasteiger partial charge in [-0.2, -0.15) is 13.2 Å². The topological polar surface area (TPSA) is 76.2 Å². The van der Waals surface area contributed by atoms with E-state index < -0.39 is 23.6 Å². The van der Waals surface area contributed by atoms with Gasteiger partial charge in [0.25, 0.3) is 5.91 Å². The summed E-state index contributed by atoms with van der Waals surface area (Å²) in [5.41, 5.74) is 1.54. The average molecular weight is 531 g/mol. The second kappa shape index (κ2) is 11.4. The van der Waals surface area contributed by atoms with Crippen LogP contribution in [0.15, 0.2) is 59.8 Å². The molecule has 2 heterocycles. The Morgan fingerprint density at radius 2 is 1.66 bits per heavy atom. The number of nitrogens with zero attached hydrogens (tertiary/aromatic N) is 2. The van der Waals surface area contributed by atoms with Crippen LogP contribution in [0, 0.1) is 0 Å². The van der Waals surface area contributed by atoms with Crippen molar-refractivity contribution in [1.29, 1.82) is 0 Å². The maximum absolute atomic E-state index is 13.2. The van der Waals surface area contributed by atoms with Crippen LogP contribution in [0.4, 0.5) is 13.2 Å². The Hall–Kier alpha value is -3.66. The van der Waals surface area contributed by atoms with Gasteiger partial charge in [-0.15, -0.1) is 0 Å². The first-order valence-electron chi connectivity index (χ1n) is 12.4. The fourth-order valence-corrected chi connectivity index (χ4v) is 4.75. The summed E-state index contributed by atoms with van der Waals surface area (Å²) in [4.78, 5) is 42.1. The maximum Gasteiger partial charge on any atom is 0.416 e. The largest absolute Gasteiger partial charge is 0.463 e. The minimum Gasteiger partial charge on any atom is -0.463 e. The van der Waals surface area contributed by atoms with E-state index in [1.54, 1.807) is 43.0 Å². The van der Waals surface area contributed by atoms with E-state index in [9.17, 15) is 27.6 Å². The van der Waals surface area contributed by atoms with E-state index in [-0.39, 0.29) is 37.0 Å². The molecule has 10 heteroatoms. The number of halogens is 3. The van der Waals surface area contributed by atoms with Crippen molar-refractivity contribution in [2.24, 2.45) is 0 Å². The van der Waals surface area contributed by atoms with E-state index in [4.69, 9.17) is 9.47 Å². The summed E-state index contributed by atoms with van der Waals surface area (Å²) in [6.07, 6.45) is -4.58. The number of amides is 2. The molecule has 1 fully saturated rings. The van der Waals surface area contributed by atoms with Crippen molar-refractivity contribution in [2.75, 3.05) is 32.9 Å². The van der Waals surface area contributed by atoms with Gasteiger partial charge in [-0.05, 0) is 49.2 Å². The van der Waals surface area contributed by atoms with Crippen LogP contribution in [0.5, 0.6) is 0 Å². The van der Waals surface area contributed by atoms with Crippen LogP contribution < -0.4 is 0 Å². The SMILES string of the molecule is CCOC(=O)C1=C(C)N(Cc2ccc(C(=O)N3CCOCC3)cc2)C(=O)CC1c1ccc(C(F)(F)F)cc1. The summed E-state index contributed by atoms with van der Waals surface area (Å²) in [5.74, 6) is -1.70. The number of carbonyl (C=O) groups excluding carboxylic acids is 3. The van der Waals surface area contributed by atoms with E-state index in [1.807, 2.05) is 0 Å². The monoisotopic (exact) mass is 530 g/mol. The van der Waals surface area contributed by atoms with E-state index in [1.165, 1.54) is 17.0 Å². The Morgan fingerprint density at radius 1 is 1.03 bits per heavy atom. The number of morpholine rings is 1. The predicted octanol–water partition coefficient (Wildman–Crippen LogP) is 4.53. The molecule has 1 unspecified atom stereocenters. The molecule has 0 aromatic heterocycles. The minimum absolute atomic E-state index is 0.0889. The highest BCUT2D eigenvalue weighted by atomic mass is 19.4. The summed E-state index contributed by atoms with van der Waals surface area (Å²) in [5, 5.41) is 0. The quantitative estimate of drug-likeness (QED) is 0.513. The predicted molar refractivity (Wildman–Crippen MR) is 132 cm³/mol. The van der Waals surface area contributed by atoms with Crippen LogP contribution in [-0.4, -0.2) is 60.5 Å². The van der Waals surface area contributed by atoms with Gasteiger partial charge in [-0.1, -0.05) is 24.3 Å². The molecule has 0 spiro atoms. The number of rotatable bonds is 6. The first kappa shape index (κ1) is 27.4. The lowest BCUT2D eigenvalue weighted by molar-refractivity contribution is -0.140. The third-order valence-corrected chi connectivity index (χ3v) is 6.80. The molecular formula is C28H29F3N2O5. The van der Waals surface area contributed by atoms with Gasteiger partial charge in [0.05, 0.1) is 37.5 Å². The molecule has 0 radical (unpaired) electrons. The van der Waals surface area contributed by atoms with Crippen LogP contribution >= 0.6 is 0 Å². The van der Waals surface area contributed by atoms with Crippen molar-refractivity contribution in [1.82, 2.24) is 9.80 Å². The lowest BCUT2D eigenvalue weighted by Gasteiger charge is -2.34. The molecule has 0 aliphatic carbocycles. The average Bonchev–Trinajstić information content (AvgIpc) is 2.91. The first-order chi connectivity index (χ1) is 18.1. The molecular weight excluding hydrogens is 501 g/mol. The number of hydrogen-bond acceptors (Lipinski definition) is 5. The van der Waals surface area contributed by atoms with Gasteiger partial charge in [0, 0.05) is 36.7 Å². The fraction of sp³-hybridized carbons (Fsp3) is 0.393. The van der Waals surface area contributed by atoms with Gasteiger partial charge < -0.3 is 19.3 Å². The fourth-order valence-electron chi connectivity index (χ4n) is 4.75. The molecule has 0 saturated carbocycles. The molecule has 2 aliphatic rings. The van der Waals surface area contributed by atoms with Gasteiger partial charge >= 0.3 is 12.1 Å². The van der Waals surface area contributed by atoms with E-state index in [0.717, 1.165) is 17.7 Å². The van der Waals surface area contributed by atoms with Crippen LogP contribution in [0.25, 0.3) is 0 Å². The Bertz CT molecular complexity index is 1220. The summed E-state index contributed by atoms with van der Waals surface area (Å²) in [7, 11) is 0. The number of esters is 1. The van der Waals surface area contributed by atoms with Crippen LogP contribution in [0.2, 0.25) is 0 Å². The molecule has 38 heavy (non-hydrogen) atoms. The molecule has 202 valence electrons. The molecule has 1 atom stereocenters. The van der Waals surface area contributed by atoms with Crippen LogP contribution in [0.1, 0.15) is 53.2 Å². The minimum atomic E-state index is -4.49. The third kappa shape index (κ3) is 5.91. The number of ether oxygens (including phenoxy) is 2. The number of allylic oxidation sites excluding steroid dienone is 1. The van der Waals surface area contributed by atoms with Crippen molar-refractivity contribution in [2.45, 2.75) is 38.9 Å². The van der Waals surface area contributed by atoms with E-state index in [0.29, 0.717) is 43.1 Å². The molecule has 2 aromatic rings. The summed E-state index contributed by atoms with van der Waals surface area (Å²) < 4.78 is 49.7. The lowest BCUT2D eigenvalue weighted by Crippen LogP contribution is -2.40. The number of hydrogen-bond donors (Lipinski definition) is 0. The highest BCUT2D eigenvalue weighted by Gasteiger charge is 2.37. The second-order valence-electron chi connectivity index (χ2n) is 9.18. The summed E-state index contributed by atoms with van der Waals surface area (Å²) >= 11 is 0. The van der Waals surface area contributed by atoms with Gasteiger partial charge in [0.2, 0.25) is 5.91 Å². The second-order valence-corrected chi connectivity index (χ2v) is 9.18. The van der Waals surface area contributed by atoms with Gasteiger partial charge in [-0.25, -0.2) is 4.79 Å². The summed E-state index contributed by atoms with van der Waals surface area (Å²) in [6, 6.07) is 11.4. The van der Waals surface area contributed by atoms with Crippen LogP contribution in [-0.2, 0) is 31.8 Å². The highest BCUT2D eigenvalue weighted by Crippen LogP contribution is 2.39. The molecule has 4 rings (SSSR count). The summed E-state index contributed by atoms with van der Waals surface area (Å²) in [6.45, 7) is 5.64. The zero-order chi connectivity index (χ0) is 27.4. The van der Waals surface area contributed by atoms with Gasteiger partial charge in [0.15, 0.2) is 0 Å². The van der Waals surface area contributed by atoms with Crippen LogP contribution in [0.3, 0.4) is 0 Å². The van der Waals surface area contributed by atoms with Crippen molar-refractivity contribution in [3.8, 4) is 0 Å². The van der Waals surface area contributed by atoms with E-state index in [2.05, 4.69) is 0 Å².